The molecule has 6 nitrogen and oxygen atoms in total. The Bertz CT molecular complexity index is 1140. The summed E-state index contributed by atoms with van der Waals surface area (Å²) in [4.78, 5) is 24.5. The highest BCUT2D eigenvalue weighted by molar-refractivity contribution is 6.09. The second kappa shape index (κ2) is 10.4. The molecule has 0 aromatic heterocycles. The van der Waals surface area contributed by atoms with Gasteiger partial charge in [-0.25, -0.2) is 4.39 Å². The summed E-state index contributed by atoms with van der Waals surface area (Å²) in [7, 11) is 0. The van der Waals surface area contributed by atoms with Gasteiger partial charge in [-0.2, -0.15) is 5.26 Å². The summed E-state index contributed by atoms with van der Waals surface area (Å²) in [6, 6.07) is 22.7. The summed E-state index contributed by atoms with van der Waals surface area (Å²) in [5.74, 6) is -1.09. The van der Waals surface area contributed by atoms with Gasteiger partial charge in [0.05, 0.1) is 0 Å². The molecular weight excluding hydrogens is 397 g/mol. The monoisotopic (exact) mass is 415 g/mol. The molecule has 0 unspecified atom stereocenters. The Morgan fingerprint density at radius 2 is 1.55 bits per heavy atom. The van der Waals surface area contributed by atoms with E-state index in [2.05, 4.69) is 10.6 Å². The third-order valence-electron chi connectivity index (χ3n) is 4.10. The van der Waals surface area contributed by atoms with Gasteiger partial charge in [0, 0.05) is 16.9 Å². The average Bonchev–Trinajstić information content (AvgIpc) is 2.79. The highest BCUT2D eigenvalue weighted by Crippen LogP contribution is 2.22. The van der Waals surface area contributed by atoms with E-state index in [-0.39, 0.29) is 18.1 Å². The second-order valence-electron chi connectivity index (χ2n) is 6.37. The molecule has 2 N–H and O–H groups in total. The number of ether oxygens (including phenoxy) is 1. The molecule has 0 aliphatic heterocycles. The van der Waals surface area contributed by atoms with Crippen molar-refractivity contribution in [2.24, 2.45) is 0 Å². The number of nitrogens with zero attached hydrogens (tertiary/aromatic N) is 1. The van der Waals surface area contributed by atoms with Crippen molar-refractivity contribution in [3.8, 4) is 11.8 Å². The molecule has 0 bridgehead atoms. The van der Waals surface area contributed by atoms with E-state index >= 15 is 0 Å². The number of para-hydroxylation sites is 2. The van der Waals surface area contributed by atoms with E-state index in [0.29, 0.717) is 22.7 Å². The van der Waals surface area contributed by atoms with Gasteiger partial charge in [-0.05, 0) is 48.5 Å². The molecule has 0 fully saturated rings. The summed E-state index contributed by atoms with van der Waals surface area (Å²) in [6.07, 6.45) is 1.36. The van der Waals surface area contributed by atoms with Gasteiger partial charge in [-0.1, -0.05) is 36.4 Å². The molecule has 154 valence electrons. The lowest BCUT2D eigenvalue weighted by Crippen LogP contribution is -2.20. The summed E-state index contributed by atoms with van der Waals surface area (Å²) in [6.45, 7) is -0.247. The topological polar surface area (TPSA) is 91.2 Å². The molecule has 0 aliphatic carbocycles. The zero-order valence-corrected chi connectivity index (χ0v) is 16.3. The number of nitrogens with one attached hydrogen (secondary N) is 2. The van der Waals surface area contributed by atoms with E-state index in [1.165, 1.54) is 30.3 Å². The van der Waals surface area contributed by atoms with Crippen molar-refractivity contribution in [3.63, 3.8) is 0 Å². The van der Waals surface area contributed by atoms with E-state index in [0.717, 1.165) is 0 Å². The van der Waals surface area contributed by atoms with Gasteiger partial charge in [-0.3, -0.25) is 9.59 Å². The number of rotatable bonds is 7. The molecular formula is C24H18FN3O3. The summed E-state index contributed by atoms with van der Waals surface area (Å²) < 4.78 is 18.6. The van der Waals surface area contributed by atoms with Gasteiger partial charge < -0.3 is 15.4 Å². The van der Waals surface area contributed by atoms with Gasteiger partial charge in [0.2, 0.25) is 0 Å². The van der Waals surface area contributed by atoms with E-state index in [1.807, 2.05) is 12.1 Å². The third kappa shape index (κ3) is 6.27. The van der Waals surface area contributed by atoms with Gasteiger partial charge in [0.15, 0.2) is 6.61 Å². The molecule has 0 saturated carbocycles. The van der Waals surface area contributed by atoms with Crippen LogP contribution >= 0.6 is 0 Å². The van der Waals surface area contributed by atoms with Crippen molar-refractivity contribution < 1.29 is 18.7 Å². The van der Waals surface area contributed by atoms with E-state index in [1.54, 1.807) is 48.5 Å². The first kappa shape index (κ1) is 21.3. The maximum Gasteiger partial charge on any atom is 0.266 e. The Morgan fingerprint density at radius 3 is 2.26 bits per heavy atom. The van der Waals surface area contributed by atoms with Crippen LogP contribution in [0.25, 0.3) is 6.08 Å². The fourth-order valence-electron chi connectivity index (χ4n) is 2.63. The summed E-state index contributed by atoms with van der Waals surface area (Å²) in [5, 5.41) is 14.7. The largest absolute Gasteiger partial charge is 0.483 e. The molecule has 0 aliphatic rings. The first-order chi connectivity index (χ1) is 15.0. The van der Waals surface area contributed by atoms with Crippen LogP contribution in [0.5, 0.6) is 5.75 Å². The number of hydrogen-bond donors (Lipinski definition) is 2. The normalized spacial score (nSPS) is 10.6. The van der Waals surface area contributed by atoms with Crippen LogP contribution in [0.2, 0.25) is 0 Å². The zero-order chi connectivity index (χ0) is 22.1. The molecule has 0 heterocycles. The predicted octanol–water partition coefficient (Wildman–Crippen LogP) is 4.39. The molecule has 7 heteroatoms. The molecule has 0 spiro atoms. The van der Waals surface area contributed by atoms with E-state index in [9.17, 15) is 19.2 Å². The minimum Gasteiger partial charge on any atom is -0.483 e. The number of carbonyl (C=O) groups excluding carboxylic acids is 2. The minimum atomic E-state index is -0.647. The maximum atomic E-state index is 13.0. The average molecular weight is 415 g/mol. The zero-order valence-electron chi connectivity index (χ0n) is 16.3. The minimum absolute atomic E-state index is 0.172. The highest BCUT2D eigenvalue weighted by atomic mass is 19.1. The number of anilines is 2. The van der Waals surface area contributed by atoms with Crippen LogP contribution in [0.4, 0.5) is 15.8 Å². The van der Waals surface area contributed by atoms with Gasteiger partial charge in [-0.15, -0.1) is 0 Å². The van der Waals surface area contributed by atoms with Gasteiger partial charge in [0.25, 0.3) is 11.8 Å². The first-order valence-electron chi connectivity index (χ1n) is 9.30. The molecule has 31 heavy (non-hydrogen) atoms. The third-order valence-corrected chi connectivity index (χ3v) is 4.10. The quantitative estimate of drug-likeness (QED) is 0.442. The van der Waals surface area contributed by atoms with Crippen molar-refractivity contribution in [2.45, 2.75) is 0 Å². The van der Waals surface area contributed by atoms with Crippen LogP contribution in [-0.4, -0.2) is 18.4 Å². The molecule has 3 rings (SSSR count). The van der Waals surface area contributed by atoms with Crippen LogP contribution < -0.4 is 15.4 Å². The molecule has 0 atom stereocenters. The van der Waals surface area contributed by atoms with E-state index in [4.69, 9.17) is 4.74 Å². The number of carbonyl (C=O) groups is 2. The van der Waals surface area contributed by atoms with Crippen molar-refractivity contribution in [1.82, 2.24) is 0 Å². The predicted molar refractivity (Wildman–Crippen MR) is 116 cm³/mol. The summed E-state index contributed by atoms with van der Waals surface area (Å²) in [5.41, 5.74) is 1.29. The van der Waals surface area contributed by atoms with Crippen LogP contribution in [0.3, 0.4) is 0 Å². The van der Waals surface area contributed by atoms with Gasteiger partial charge >= 0.3 is 0 Å². The van der Waals surface area contributed by atoms with E-state index < -0.39 is 11.7 Å². The lowest BCUT2D eigenvalue weighted by Gasteiger charge is -2.10. The molecule has 0 saturated heterocycles. The Kier molecular flexibility index (Phi) is 7.12. The fourth-order valence-corrected chi connectivity index (χ4v) is 2.63. The first-order valence-corrected chi connectivity index (χ1v) is 9.30. The van der Waals surface area contributed by atoms with Crippen LogP contribution in [0.15, 0.2) is 84.4 Å². The smallest absolute Gasteiger partial charge is 0.266 e. The van der Waals surface area contributed by atoms with Gasteiger partial charge in [0.1, 0.15) is 23.2 Å². The molecule has 3 aromatic carbocycles. The van der Waals surface area contributed by atoms with Crippen LogP contribution in [0.1, 0.15) is 5.56 Å². The molecule has 0 radical (unpaired) electrons. The number of amides is 2. The van der Waals surface area contributed by atoms with Crippen LogP contribution in [-0.2, 0) is 9.59 Å². The van der Waals surface area contributed by atoms with Crippen molar-refractivity contribution in [3.05, 3.63) is 95.8 Å². The lowest BCUT2D eigenvalue weighted by atomic mass is 10.1. The lowest BCUT2D eigenvalue weighted by molar-refractivity contribution is -0.118. The molecule has 3 aromatic rings. The van der Waals surface area contributed by atoms with Crippen molar-refractivity contribution in [2.75, 3.05) is 17.2 Å². The second-order valence-corrected chi connectivity index (χ2v) is 6.37. The van der Waals surface area contributed by atoms with Crippen molar-refractivity contribution in [1.29, 1.82) is 5.26 Å². The Labute approximate surface area is 178 Å². The number of halogens is 1. The Hall–Kier alpha value is -4.44. The number of hydrogen-bond acceptors (Lipinski definition) is 4. The standard InChI is InChI=1S/C24H18FN3O3/c25-19-10-12-21(13-11-19)28-24(30)18(15-26)14-17-6-4-5-9-22(17)31-16-23(29)27-20-7-2-1-3-8-20/h1-14H,16H2,(H,27,29)(H,28,30)/b18-14+. The molecule has 2 amide bonds. The van der Waals surface area contributed by atoms with Crippen molar-refractivity contribution >= 4 is 29.3 Å². The number of nitriles is 1. The maximum absolute atomic E-state index is 13.0. The number of benzene rings is 3. The Balaban J connectivity index is 1.69. The highest BCUT2D eigenvalue weighted by Gasteiger charge is 2.12. The van der Waals surface area contributed by atoms with Crippen LogP contribution in [0, 0.1) is 17.1 Å². The SMILES string of the molecule is N#C/C(=C\c1ccccc1OCC(=O)Nc1ccccc1)C(=O)Nc1ccc(F)cc1. The summed E-state index contributed by atoms with van der Waals surface area (Å²) >= 11 is 0. The fraction of sp³-hybridized carbons (Fsp3) is 0.0417. The Morgan fingerprint density at radius 1 is 0.903 bits per heavy atom.